The minimum absolute atomic E-state index is 0.0498. The first-order chi connectivity index (χ1) is 6.92. The van der Waals surface area contributed by atoms with Crippen molar-refractivity contribution in [2.45, 2.75) is 53.0 Å². The maximum atomic E-state index is 12.0. The summed E-state index contributed by atoms with van der Waals surface area (Å²) in [6, 6.07) is 0.220. The monoisotopic (exact) mass is 230 g/mol. The van der Waals surface area contributed by atoms with Crippen molar-refractivity contribution < 1.29 is 4.79 Å². The topological polar surface area (TPSA) is 55.1 Å². The predicted octanol–water partition coefficient (Wildman–Crippen LogP) is 1.99. The molecule has 0 rings (SSSR count). The number of nitrogens with one attached hydrogen (secondary N) is 1. The van der Waals surface area contributed by atoms with Crippen LogP contribution in [0.5, 0.6) is 0 Å². The zero-order valence-electron chi connectivity index (χ0n) is 10.1. The summed E-state index contributed by atoms with van der Waals surface area (Å²) >= 11 is 4.95. The van der Waals surface area contributed by atoms with Crippen LogP contribution in [0.25, 0.3) is 0 Å². The van der Waals surface area contributed by atoms with Crippen LogP contribution in [0.3, 0.4) is 0 Å². The molecule has 4 heteroatoms. The molecule has 1 atom stereocenters. The Morgan fingerprint density at radius 1 is 1.40 bits per heavy atom. The highest BCUT2D eigenvalue weighted by molar-refractivity contribution is 7.80. The highest BCUT2D eigenvalue weighted by atomic mass is 32.1. The van der Waals surface area contributed by atoms with Crippen LogP contribution in [-0.2, 0) is 4.79 Å². The van der Waals surface area contributed by atoms with Crippen molar-refractivity contribution >= 4 is 23.1 Å². The molecule has 88 valence electrons. The van der Waals surface area contributed by atoms with E-state index in [1.54, 1.807) is 6.92 Å². The third-order valence-corrected chi connectivity index (χ3v) is 3.52. The lowest BCUT2D eigenvalue weighted by atomic mass is 9.86. The van der Waals surface area contributed by atoms with Crippen molar-refractivity contribution in [3.05, 3.63) is 0 Å². The molecule has 0 aliphatic carbocycles. The van der Waals surface area contributed by atoms with Gasteiger partial charge in [0, 0.05) is 6.04 Å². The van der Waals surface area contributed by atoms with E-state index < -0.39 is 5.41 Å². The molecular formula is C11H22N2OS. The van der Waals surface area contributed by atoms with E-state index in [0.29, 0.717) is 6.42 Å². The van der Waals surface area contributed by atoms with E-state index in [2.05, 4.69) is 19.2 Å². The van der Waals surface area contributed by atoms with Crippen LogP contribution in [0.15, 0.2) is 0 Å². The summed E-state index contributed by atoms with van der Waals surface area (Å²) in [5, 5.41) is 2.98. The molecular weight excluding hydrogens is 208 g/mol. The average Bonchev–Trinajstić information content (AvgIpc) is 2.23. The molecule has 0 radical (unpaired) electrons. The van der Waals surface area contributed by atoms with Crippen molar-refractivity contribution in [3.8, 4) is 0 Å². The number of hydrogen-bond acceptors (Lipinski definition) is 2. The maximum Gasteiger partial charge on any atom is 0.232 e. The fourth-order valence-corrected chi connectivity index (χ4v) is 1.52. The SMILES string of the molecule is CCC(CC)NC(=O)C(C)(CC)C(N)=S. The number of amides is 1. The van der Waals surface area contributed by atoms with Crippen molar-refractivity contribution in [1.82, 2.24) is 5.32 Å². The molecule has 0 aliphatic rings. The van der Waals surface area contributed by atoms with Gasteiger partial charge in [0.1, 0.15) is 0 Å². The lowest BCUT2D eigenvalue weighted by Gasteiger charge is -2.28. The van der Waals surface area contributed by atoms with Crippen LogP contribution in [0.4, 0.5) is 0 Å². The molecule has 1 unspecified atom stereocenters. The second-order valence-electron chi connectivity index (χ2n) is 4.04. The summed E-state index contributed by atoms with van der Waals surface area (Å²) in [6.07, 6.45) is 2.49. The summed E-state index contributed by atoms with van der Waals surface area (Å²) in [7, 11) is 0. The van der Waals surface area contributed by atoms with E-state index in [1.807, 2.05) is 6.92 Å². The molecule has 0 saturated carbocycles. The molecule has 3 nitrogen and oxygen atoms in total. The zero-order valence-corrected chi connectivity index (χ0v) is 10.9. The predicted molar refractivity (Wildman–Crippen MR) is 67.7 cm³/mol. The van der Waals surface area contributed by atoms with Crippen molar-refractivity contribution in [2.24, 2.45) is 11.1 Å². The van der Waals surface area contributed by atoms with Gasteiger partial charge in [-0.3, -0.25) is 4.79 Å². The molecule has 0 bridgehead atoms. The Hall–Kier alpha value is -0.640. The van der Waals surface area contributed by atoms with Crippen LogP contribution in [0, 0.1) is 5.41 Å². The van der Waals surface area contributed by atoms with Crippen molar-refractivity contribution in [3.63, 3.8) is 0 Å². The van der Waals surface area contributed by atoms with E-state index in [-0.39, 0.29) is 16.9 Å². The van der Waals surface area contributed by atoms with Crippen molar-refractivity contribution in [1.29, 1.82) is 0 Å². The van der Waals surface area contributed by atoms with Gasteiger partial charge in [-0.1, -0.05) is 33.0 Å². The highest BCUT2D eigenvalue weighted by Crippen LogP contribution is 2.22. The van der Waals surface area contributed by atoms with Gasteiger partial charge in [-0.25, -0.2) is 0 Å². The molecule has 0 fully saturated rings. The second-order valence-corrected chi connectivity index (χ2v) is 4.48. The first kappa shape index (κ1) is 14.4. The Morgan fingerprint density at radius 2 is 1.87 bits per heavy atom. The third-order valence-electron chi connectivity index (χ3n) is 3.07. The number of hydrogen-bond donors (Lipinski definition) is 2. The van der Waals surface area contributed by atoms with Crippen LogP contribution in [0.1, 0.15) is 47.0 Å². The number of carbonyl (C=O) groups excluding carboxylic acids is 1. The number of rotatable bonds is 6. The van der Waals surface area contributed by atoms with Gasteiger partial charge in [-0.05, 0) is 26.2 Å². The quantitative estimate of drug-likeness (QED) is 0.686. The Kier molecular flexibility index (Phi) is 5.80. The lowest BCUT2D eigenvalue weighted by molar-refractivity contribution is -0.127. The van der Waals surface area contributed by atoms with Gasteiger partial charge in [0.15, 0.2) is 0 Å². The Labute approximate surface area is 97.8 Å². The summed E-state index contributed by atoms with van der Waals surface area (Å²) in [5.74, 6) is -0.0498. The maximum absolute atomic E-state index is 12.0. The van der Waals surface area contributed by atoms with Gasteiger partial charge in [-0.2, -0.15) is 0 Å². The van der Waals surface area contributed by atoms with Gasteiger partial charge in [0.25, 0.3) is 0 Å². The van der Waals surface area contributed by atoms with Crippen LogP contribution >= 0.6 is 12.2 Å². The molecule has 0 aromatic rings. The fourth-order valence-electron chi connectivity index (χ4n) is 1.28. The summed E-state index contributed by atoms with van der Waals surface area (Å²) in [4.78, 5) is 12.3. The van der Waals surface area contributed by atoms with Crippen LogP contribution in [-0.4, -0.2) is 16.9 Å². The van der Waals surface area contributed by atoms with Gasteiger partial charge in [0.2, 0.25) is 5.91 Å². The number of thiocarbonyl (C=S) groups is 1. The van der Waals surface area contributed by atoms with E-state index in [0.717, 1.165) is 12.8 Å². The largest absolute Gasteiger partial charge is 0.392 e. The average molecular weight is 230 g/mol. The Balaban J connectivity index is 4.60. The van der Waals surface area contributed by atoms with Gasteiger partial charge >= 0.3 is 0 Å². The third kappa shape index (κ3) is 3.45. The molecule has 15 heavy (non-hydrogen) atoms. The van der Waals surface area contributed by atoms with E-state index in [4.69, 9.17) is 18.0 Å². The molecule has 0 aliphatic heterocycles. The summed E-state index contributed by atoms with van der Waals surface area (Å²) < 4.78 is 0. The lowest BCUT2D eigenvalue weighted by Crippen LogP contribution is -2.49. The standard InChI is InChI=1S/C11H22N2OS/c1-5-8(6-2)13-10(14)11(4,7-3)9(12)15/h8H,5-7H2,1-4H3,(H2,12,15)(H,13,14). The van der Waals surface area contributed by atoms with E-state index >= 15 is 0 Å². The number of nitrogens with two attached hydrogens (primary N) is 1. The molecule has 1 amide bonds. The van der Waals surface area contributed by atoms with Crippen LogP contribution < -0.4 is 11.1 Å². The Bertz CT molecular complexity index is 239. The van der Waals surface area contributed by atoms with Crippen LogP contribution in [0.2, 0.25) is 0 Å². The molecule has 3 N–H and O–H groups in total. The molecule has 0 aromatic carbocycles. The minimum Gasteiger partial charge on any atom is -0.392 e. The first-order valence-electron chi connectivity index (χ1n) is 5.53. The van der Waals surface area contributed by atoms with Gasteiger partial charge in [0.05, 0.1) is 10.4 Å². The molecule has 0 saturated heterocycles. The second kappa shape index (κ2) is 6.05. The zero-order chi connectivity index (χ0) is 12.1. The van der Waals surface area contributed by atoms with Crippen molar-refractivity contribution in [2.75, 3.05) is 0 Å². The van der Waals surface area contributed by atoms with Gasteiger partial charge in [-0.15, -0.1) is 0 Å². The number of carbonyl (C=O) groups is 1. The summed E-state index contributed by atoms with van der Waals surface area (Å²) in [5.41, 5.74) is 4.90. The highest BCUT2D eigenvalue weighted by Gasteiger charge is 2.35. The smallest absolute Gasteiger partial charge is 0.232 e. The first-order valence-corrected chi connectivity index (χ1v) is 5.94. The molecule has 0 aromatic heterocycles. The molecule has 0 spiro atoms. The normalized spacial score (nSPS) is 14.7. The van der Waals surface area contributed by atoms with Gasteiger partial charge < -0.3 is 11.1 Å². The Morgan fingerprint density at radius 3 is 2.13 bits per heavy atom. The fraction of sp³-hybridized carbons (Fsp3) is 0.818. The molecule has 0 heterocycles. The van der Waals surface area contributed by atoms with E-state index in [1.165, 1.54) is 0 Å². The minimum atomic E-state index is -0.710. The van der Waals surface area contributed by atoms with E-state index in [9.17, 15) is 4.79 Å². The summed E-state index contributed by atoms with van der Waals surface area (Å²) in [6.45, 7) is 7.83.